The highest BCUT2D eigenvalue weighted by Gasteiger charge is 2.14. The maximum atomic E-state index is 4.06. The molecule has 0 saturated heterocycles. The first kappa shape index (κ1) is 7.19. The van der Waals surface area contributed by atoms with Crippen LogP contribution in [-0.4, -0.2) is 9.97 Å². The first-order valence-corrected chi connectivity index (χ1v) is 3.29. The zero-order valence-electron chi connectivity index (χ0n) is 6.55. The standard InChI is InChI=1S/C8H11N2/c1-8(2,3)7-6-9-4-5-10-7/h4,6H,1-3H3. The molecule has 10 heavy (non-hydrogen) atoms. The molecule has 0 aliphatic rings. The van der Waals surface area contributed by atoms with E-state index in [0.717, 1.165) is 5.69 Å². The summed E-state index contributed by atoms with van der Waals surface area (Å²) < 4.78 is 0. The molecule has 0 aliphatic carbocycles. The quantitative estimate of drug-likeness (QED) is 0.539. The fourth-order valence-electron chi connectivity index (χ4n) is 0.630. The van der Waals surface area contributed by atoms with Gasteiger partial charge in [0.2, 0.25) is 0 Å². The van der Waals surface area contributed by atoms with Crippen LogP contribution in [0.15, 0.2) is 12.4 Å². The van der Waals surface area contributed by atoms with Gasteiger partial charge in [0.1, 0.15) is 6.20 Å². The van der Waals surface area contributed by atoms with Gasteiger partial charge in [-0.1, -0.05) is 20.8 Å². The number of nitrogens with zero attached hydrogens (tertiary/aromatic N) is 2. The summed E-state index contributed by atoms with van der Waals surface area (Å²) in [4.78, 5) is 8.00. The Hall–Kier alpha value is -0.920. The molecule has 0 saturated carbocycles. The van der Waals surface area contributed by atoms with Crippen molar-refractivity contribution in [3.05, 3.63) is 24.3 Å². The van der Waals surface area contributed by atoms with Crippen LogP contribution in [0.1, 0.15) is 26.5 Å². The highest BCUT2D eigenvalue weighted by atomic mass is 14.8. The summed E-state index contributed by atoms with van der Waals surface area (Å²) in [5, 5.41) is 0. The van der Waals surface area contributed by atoms with Crippen LogP contribution in [0.3, 0.4) is 0 Å². The van der Waals surface area contributed by atoms with Crippen molar-refractivity contribution < 1.29 is 0 Å². The highest BCUT2D eigenvalue weighted by Crippen LogP contribution is 2.17. The van der Waals surface area contributed by atoms with Crippen LogP contribution in [0.4, 0.5) is 0 Å². The minimum Gasteiger partial charge on any atom is -0.260 e. The van der Waals surface area contributed by atoms with Gasteiger partial charge in [-0.25, -0.2) is 4.98 Å². The third kappa shape index (κ3) is 1.53. The van der Waals surface area contributed by atoms with Crippen LogP contribution in [0.2, 0.25) is 0 Å². The van der Waals surface area contributed by atoms with Gasteiger partial charge in [-0.3, -0.25) is 4.98 Å². The summed E-state index contributed by atoms with van der Waals surface area (Å²) in [6, 6.07) is 0. The average Bonchev–Trinajstić information content (AvgIpc) is 1.88. The van der Waals surface area contributed by atoms with Gasteiger partial charge in [-0.2, -0.15) is 0 Å². The third-order valence-electron chi connectivity index (χ3n) is 1.28. The van der Waals surface area contributed by atoms with Gasteiger partial charge >= 0.3 is 0 Å². The average molecular weight is 135 g/mol. The molecule has 1 aromatic heterocycles. The van der Waals surface area contributed by atoms with Crippen LogP contribution in [-0.2, 0) is 5.41 Å². The summed E-state index contributed by atoms with van der Waals surface area (Å²) >= 11 is 0. The Morgan fingerprint density at radius 3 is 2.40 bits per heavy atom. The second kappa shape index (κ2) is 2.37. The molecule has 1 aromatic rings. The van der Waals surface area contributed by atoms with Gasteiger partial charge in [0.05, 0.1) is 11.9 Å². The van der Waals surface area contributed by atoms with Gasteiger partial charge in [0, 0.05) is 11.6 Å². The normalized spacial score (nSPS) is 11.5. The highest BCUT2D eigenvalue weighted by molar-refractivity contribution is 5.06. The number of aromatic nitrogens is 2. The van der Waals surface area contributed by atoms with E-state index in [0.29, 0.717) is 0 Å². The predicted octanol–water partition coefficient (Wildman–Crippen LogP) is 1.57. The van der Waals surface area contributed by atoms with Crippen LogP contribution >= 0.6 is 0 Å². The van der Waals surface area contributed by atoms with Gasteiger partial charge < -0.3 is 0 Å². The molecule has 0 N–H and O–H groups in total. The van der Waals surface area contributed by atoms with Crippen LogP contribution in [0.25, 0.3) is 0 Å². The molecule has 0 aromatic carbocycles. The van der Waals surface area contributed by atoms with Crippen molar-refractivity contribution in [3.63, 3.8) is 0 Å². The zero-order valence-corrected chi connectivity index (χ0v) is 6.55. The van der Waals surface area contributed by atoms with E-state index in [1.54, 1.807) is 12.4 Å². The first-order valence-electron chi connectivity index (χ1n) is 3.29. The second-order valence-corrected chi connectivity index (χ2v) is 3.28. The SMILES string of the molecule is CC(C)(C)c1cnc[c]n1. The largest absolute Gasteiger partial charge is 0.260 e. The lowest BCUT2D eigenvalue weighted by Crippen LogP contribution is -2.13. The third-order valence-corrected chi connectivity index (χ3v) is 1.28. The molecule has 0 bridgehead atoms. The lowest BCUT2D eigenvalue weighted by Gasteiger charge is -2.15. The minimum atomic E-state index is 0.0881. The van der Waals surface area contributed by atoms with E-state index < -0.39 is 0 Å². The van der Waals surface area contributed by atoms with Crippen molar-refractivity contribution in [3.8, 4) is 0 Å². The molecule has 2 heteroatoms. The molecule has 53 valence electrons. The van der Waals surface area contributed by atoms with Gasteiger partial charge in [0.15, 0.2) is 0 Å². The van der Waals surface area contributed by atoms with Crippen molar-refractivity contribution >= 4 is 0 Å². The summed E-state index contributed by atoms with van der Waals surface area (Å²) in [6.45, 7) is 6.31. The van der Waals surface area contributed by atoms with Crippen molar-refractivity contribution in [1.82, 2.24) is 9.97 Å². The minimum absolute atomic E-state index is 0.0881. The molecule has 1 radical (unpaired) electrons. The number of rotatable bonds is 0. The van der Waals surface area contributed by atoms with Crippen molar-refractivity contribution in [2.75, 3.05) is 0 Å². The molecule has 0 aliphatic heterocycles. The fraction of sp³-hybridized carbons (Fsp3) is 0.500. The molecule has 0 atom stereocenters. The molecule has 1 rings (SSSR count). The number of hydrogen-bond donors (Lipinski definition) is 0. The van der Waals surface area contributed by atoms with E-state index in [2.05, 4.69) is 36.9 Å². The summed E-state index contributed by atoms with van der Waals surface area (Å²) in [6.07, 6.45) is 6.05. The maximum Gasteiger partial charge on any atom is 0.109 e. The Bertz CT molecular complexity index is 198. The Morgan fingerprint density at radius 1 is 1.40 bits per heavy atom. The topological polar surface area (TPSA) is 25.8 Å². The van der Waals surface area contributed by atoms with Gasteiger partial charge in [-0.05, 0) is 0 Å². The molecular formula is C8H11N2. The van der Waals surface area contributed by atoms with E-state index in [1.807, 2.05) is 0 Å². The molecule has 2 nitrogen and oxygen atoms in total. The first-order chi connectivity index (χ1) is 4.61. The van der Waals surface area contributed by atoms with Crippen LogP contribution in [0, 0.1) is 6.20 Å². The lowest BCUT2D eigenvalue weighted by atomic mass is 9.93. The van der Waals surface area contributed by atoms with E-state index >= 15 is 0 Å². The van der Waals surface area contributed by atoms with Gasteiger partial charge in [0.25, 0.3) is 0 Å². The van der Waals surface area contributed by atoms with Crippen LogP contribution < -0.4 is 0 Å². The summed E-state index contributed by atoms with van der Waals surface area (Å²) in [5.74, 6) is 0. The van der Waals surface area contributed by atoms with Crippen molar-refractivity contribution in [2.24, 2.45) is 0 Å². The maximum absolute atomic E-state index is 4.06. The predicted molar refractivity (Wildman–Crippen MR) is 39.6 cm³/mol. The van der Waals surface area contributed by atoms with E-state index in [-0.39, 0.29) is 5.41 Å². The van der Waals surface area contributed by atoms with E-state index in [4.69, 9.17) is 0 Å². The van der Waals surface area contributed by atoms with Crippen molar-refractivity contribution in [1.29, 1.82) is 0 Å². The van der Waals surface area contributed by atoms with Crippen LogP contribution in [0.5, 0.6) is 0 Å². The molecule has 0 amide bonds. The Morgan fingerprint density at radius 2 is 2.10 bits per heavy atom. The smallest absolute Gasteiger partial charge is 0.109 e. The second-order valence-electron chi connectivity index (χ2n) is 3.28. The lowest BCUT2D eigenvalue weighted by molar-refractivity contribution is 0.565. The molecule has 0 unspecified atom stereocenters. The molecular weight excluding hydrogens is 124 g/mol. The Kier molecular flexibility index (Phi) is 1.70. The Balaban J connectivity index is 2.97. The summed E-state index contributed by atoms with van der Waals surface area (Å²) in [7, 11) is 0. The van der Waals surface area contributed by atoms with Crippen molar-refractivity contribution in [2.45, 2.75) is 26.2 Å². The van der Waals surface area contributed by atoms with E-state index in [9.17, 15) is 0 Å². The summed E-state index contributed by atoms with van der Waals surface area (Å²) in [5.41, 5.74) is 1.07. The zero-order chi connectivity index (χ0) is 7.61. The monoisotopic (exact) mass is 135 g/mol. The van der Waals surface area contributed by atoms with E-state index in [1.165, 1.54) is 0 Å². The van der Waals surface area contributed by atoms with Gasteiger partial charge in [-0.15, -0.1) is 0 Å². The number of hydrogen-bond acceptors (Lipinski definition) is 2. The fourth-order valence-corrected chi connectivity index (χ4v) is 0.630. The Labute approximate surface area is 61.3 Å². The molecule has 0 spiro atoms. The molecule has 1 heterocycles. The molecule has 0 fully saturated rings.